The molecule has 0 aromatic carbocycles. The van der Waals surface area contributed by atoms with Gasteiger partial charge in [-0.25, -0.2) is 4.79 Å². The number of aromatic nitrogens is 1. The molecule has 1 amide bonds. The molecule has 102 valence electrons. The summed E-state index contributed by atoms with van der Waals surface area (Å²) in [6.07, 6.45) is 6.91. The van der Waals surface area contributed by atoms with Crippen LogP contribution in [0.2, 0.25) is 0 Å². The maximum absolute atomic E-state index is 12.1. The number of aliphatic carboxylic acids is 1. The van der Waals surface area contributed by atoms with Crippen LogP contribution in [0.15, 0.2) is 31.0 Å². The second-order valence-corrected chi connectivity index (χ2v) is 4.77. The van der Waals surface area contributed by atoms with Gasteiger partial charge >= 0.3 is 5.97 Å². The molecule has 0 saturated heterocycles. The minimum absolute atomic E-state index is 0.214. The van der Waals surface area contributed by atoms with Gasteiger partial charge in [0.15, 0.2) is 0 Å². The predicted octanol–water partition coefficient (Wildman–Crippen LogP) is 1.97. The van der Waals surface area contributed by atoms with Crippen LogP contribution in [0.3, 0.4) is 0 Å². The standard InChI is InChI=1S/C14H18N2O3/c1-2-5-11(14(18)19)15-13(17)12-8-4-9-16(12)10-6-3-7-10/h2,4,8-11H,1,3,5-7H2,(H,15,17)(H,18,19). The van der Waals surface area contributed by atoms with Gasteiger partial charge in [-0.15, -0.1) is 6.58 Å². The third kappa shape index (κ3) is 2.86. The van der Waals surface area contributed by atoms with Gasteiger partial charge in [0.05, 0.1) is 0 Å². The molecule has 2 N–H and O–H groups in total. The van der Waals surface area contributed by atoms with E-state index in [1.165, 1.54) is 12.5 Å². The van der Waals surface area contributed by atoms with E-state index < -0.39 is 12.0 Å². The van der Waals surface area contributed by atoms with Gasteiger partial charge in [0.25, 0.3) is 5.91 Å². The number of hydrogen-bond acceptors (Lipinski definition) is 2. The Bertz CT molecular complexity index is 489. The average Bonchev–Trinajstić information content (AvgIpc) is 2.74. The normalized spacial score (nSPS) is 16.4. The average molecular weight is 262 g/mol. The molecule has 5 heteroatoms. The fourth-order valence-electron chi connectivity index (χ4n) is 2.19. The van der Waals surface area contributed by atoms with Crippen LogP contribution in [0.4, 0.5) is 0 Å². The smallest absolute Gasteiger partial charge is 0.326 e. The highest BCUT2D eigenvalue weighted by Gasteiger charge is 2.25. The number of hydrogen-bond donors (Lipinski definition) is 2. The van der Waals surface area contributed by atoms with Gasteiger partial charge in [0, 0.05) is 12.2 Å². The second-order valence-electron chi connectivity index (χ2n) is 4.77. The number of carbonyl (C=O) groups excluding carboxylic acids is 1. The van der Waals surface area contributed by atoms with E-state index in [1.807, 2.05) is 16.8 Å². The lowest BCUT2D eigenvalue weighted by Gasteiger charge is -2.29. The zero-order valence-electron chi connectivity index (χ0n) is 10.7. The van der Waals surface area contributed by atoms with Crippen LogP contribution in [-0.2, 0) is 4.79 Å². The van der Waals surface area contributed by atoms with Crippen molar-refractivity contribution >= 4 is 11.9 Å². The number of nitrogens with zero attached hydrogens (tertiary/aromatic N) is 1. The zero-order chi connectivity index (χ0) is 13.8. The van der Waals surface area contributed by atoms with Crippen LogP contribution in [0.5, 0.6) is 0 Å². The molecule has 19 heavy (non-hydrogen) atoms. The van der Waals surface area contributed by atoms with Crippen molar-refractivity contribution < 1.29 is 14.7 Å². The molecule has 1 aliphatic carbocycles. The van der Waals surface area contributed by atoms with E-state index in [1.54, 1.807) is 6.07 Å². The monoisotopic (exact) mass is 262 g/mol. The van der Waals surface area contributed by atoms with Crippen molar-refractivity contribution in [1.29, 1.82) is 0 Å². The molecule has 2 rings (SSSR count). The van der Waals surface area contributed by atoms with E-state index in [4.69, 9.17) is 5.11 Å². The highest BCUT2D eigenvalue weighted by molar-refractivity contribution is 5.95. The molecule has 1 aromatic rings. The van der Waals surface area contributed by atoms with Gasteiger partial charge in [0.2, 0.25) is 0 Å². The Morgan fingerprint density at radius 3 is 2.84 bits per heavy atom. The summed E-state index contributed by atoms with van der Waals surface area (Å²) in [5.41, 5.74) is 0.528. The molecule has 0 spiro atoms. The van der Waals surface area contributed by atoms with E-state index in [0.717, 1.165) is 12.8 Å². The van der Waals surface area contributed by atoms with Crippen molar-refractivity contribution in [1.82, 2.24) is 9.88 Å². The van der Waals surface area contributed by atoms with E-state index in [9.17, 15) is 9.59 Å². The maximum atomic E-state index is 12.1. The summed E-state index contributed by atoms with van der Waals surface area (Å²) in [5.74, 6) is -1.39. The lowest BCUT2D eigenvalue weighted by molar-refractivity contribution is -0.139. The molecule has 1 aromatic heterocycles. The Balaban J connectivity index is 2.08. The number of rotatable bonds is 6. The van der Waals surface area contributed by atoms with E-state index in [0.29, 0.717) is 11.7 Å². The highest BCUT2D eigenvalue weighted by atomic mass is 16.4. The van der Waals surface area contributed by atoms with Gasteiger partial charge in [-0.3, -0.25) is 4.79 Å². The van der Waals surface area contributed by atoms with Crippen LogP contribution in [0.25, 0.3) is 0 Å². The summed E-state index contributed by atoms with van der Waals surface area (Å²) in [6, 6.07) is 2.99. The number of nitrogens with one attached hydrogen (secondary N) is 1. The first-order valence-corrected chi connectivity index (χ1v) is 6.45. The predicted molar refractivity (Wildman–Crippen MR) is 71.0 cm³/mol. The highest BCUT2D eigenvalue weighted by Crippen LogP contribution is 2.32. The molecule has 0 radical (unpaired) electrons. The van der Waals surface area contributed by atoms with Gasteiger partial charge in [0.1, 0.15) is 11.7 Å². The van der Waals surface area contributed by atoms with Crippen molar-refractivity contribution in [3.63, 3.8) is 0 Å². The van der Waals surface area contributed by atoms with E-state index in [2.05, 4.69) is 11.9 Å². The van der Waals surface area contributed by atoms with Crippen LogP contribution >= 0.6 is 0 Å². The summed E-state index contributed by atoms with van der Waals surface area (Å²) in [5, 5.41) is 11.5. The quantitative estimate of drug-likeness (QED) is 0.770. The Morgan fingerprint density at radius 1 is 1.58 bits per heavy atom. The van der Waals surface area contributed by atoms with Gasteiger partial charge < -0.3 is 15.0 Å². The third-order valence-electron chi connectivity index (χ3n) is 3.49. The van der Waals surface area contributed by atoms with Crippen LogP contribution in [0, 0.1) is 0 Å². The first kappa shape index (κ1) is 13.4. The maximum Gasteiger partial charge on any atom is 0.326 e. The number of carboxylic acids is 1. The molecular formula is C14H18N2O3. The summed E-state index contributed by atoms with van der Waals surface area (Å²) < 4.78 is 1.94. The van der Waals surface area contributed by atoms with Crippen molar-refractivity contribution in [3.05, 3.63) is 36.7 Å². The SMILES string of the molecule is C=CCC(NC(=O)c1cccn1C1CCC1)C(=O)O. The lowest BCUT2D eigenvalue weighted by Crippen LogP contribution is -2.41. The molecule has 1 saturated carbocycles. The first-order chi connectivity index (χ1) is 9.13. The molecule has 1 unspecified atom stereocenters. The van der Waals surface area contributed by atoms with Crippen molar-refractivity contribution in [2.24, 2.45) is 0 Å². The summed E-state index contributed by atoms with van der Waals surface area (Å²) >= 11 is 0. The summed E-state index contributed by atoms with van der Waals surface area (Å²) in [4.78, 5) is 23.1. The summed E-state index contributed by atoms with van der Waals surface area (Å²) in [6.45, 7) is 3.50. The Morgan fingerprint density at radius 2 is 2.32 bits per heavy atom. The minimum Gasteiger partial charge on any atom is -0.480 e. The fourth-order valence-corrected chi connectivity index (χ4v) is 2.19. The molecule has 0 aliphatic heterocycles. The molecule has 1 fully saturated rings. The van der Waals surface area contributed by atoms with Gasteiger partial charge in [-0.1, -0.05) is 6.08 Å². The molecule has 1 heterocycles. The van der Waals surface area contributed by atoms with Crippen molar-refractivity contribution in [2.45, 2.75) is 37.8 Å². The topological polar surface area (TPSA) is 71.3 Å². The Hall–Kier alpha value is -2.04. The van der Waals surface area contributed by atoms with E-state index in [-0.39, 0.29) is 12.3 Å². The molecule has 1 atom stereocenters. The second kappa shape index (κ2) is 5.73. The third-order valence-corrected chi connectivity index (χ3v) is 3.49. The minimum atomic E-state index is -1.05. The largest absolute Gasteiger partial charge is 0.480 e. The molecule has 5 nitrogen and oxygen atoms in total. The number of amides is 1. The lowest BCUT2D eigenvalue weighted by atomic mass is 9.93. The first-order valence-electron chi connectivity index (χ1n) is 6.45. The zero-order valence-corrected chi connectivity index (χ0v) is 10.7. The number of carboxylic acid groups (broad SMARTS) is 1. The fraction of sp³-hybridized carbons (Fsp3) is 0.429. The van der Waals surface area contributed by atoms with Crippen LogP contribution in [0.1, 0.15) is 42.2 Å². The Kier molecular flexibility index (Phi) is 4.04. The molecular weight excluding hydrogens is 244 g/mol. The van der Waals surface area contributed by atoms with Gasteiger partial charge in [-0.05, 0) is 37.8 Å². The van der Waals surface area contributed by atoms with Crippen LogP contribution in [-0.4, -0.2) is 27.6 Å². The van der Waals surface area contributed by atoms with Crippen molar-refractivity contribution in [3.8, 4) is 0 Å². The molecule has 1 aliphatic rings. The van der Waals surface area contributed by atoms with E-state index >= 15 is 0 Å². The Labute approximate surface area is 111 Å². The van der Waals surface area contributed by atoms with Crippen LogP contribution < -0.4 is 5.32 Å². The summed E-state index contributed by atoms with van der Waals surface area (Å²) in [7, 11) is 0. The van der Waals surface area contributed by atoms with Gasteiger partial charge in [-0.2, -0.15) is 0 Å². The molecule has 0 bridgehead atoms. The van der Waals surface area contributed by atoms with Crippen molar-refractivity contribution in [2.75, 3.05) is 0 Å². The number of carbonyl (C=O) groups is 2.